The fourth-order valence-corrected chi connectivity index (χ4v) is 0.849. The number of rotatable bonds is 2. The lowest BCUT2D eigenvalue weighted by Crippen LogP contribution is -1.75. The molecule has 0 saturated carbocycles. The molecule has 1 rings (SSSR count). The Morgan fingerprint density at radius 1 is 1.83 bits per heavy atom. The first-order valence-corrected chi connectivity index (χ1v) is 3.52. The van der Waals surface area contributed by atoms with Gasteiger partial charge < -0.3 is 0 Å². The van der Waals surface area contributed by atoms with Gasteiger partial charge in [-0.05, 0) is 19.1 Å². The van der Waals surface area contributed by atoms with Crippen molar-refractivity contribution >= 4 is 12.2 Å². The van der Waals surface area contributed by atoms with Crippen molar-refractivity contribution in [2.24, 2.45) is 0 Å². The molecule has 0 aliphatic rings. The zero-order valence-corrected chi connectivity index (χ0v) is 6.83. The highest BCUT2D eigenvalue weighted by Crippen LogP contribution is 2.10. The molecule has 0 spiro atoms. The summed E-state index contributed by atoms with van der Waals surface area (Å²) in [6.45, 7) is 5.36. The van der Waals surface area contributed by atoms with Gasteiger partial charge in [-0.3, -0.25) is 5.10 Å². The van der Waals surface area contributed by atoms with Crippen LogP contribution >= 0.6 is 0 Å². The average molecular weight is 159 g/mol. The third kappa shape index (κ3) is 1.61. The number of hydrogen-bond donors (Lipinski definition) is 1. The van der Waals surface area contributed by atoms with Crippen LogP contribution in [-0.4, -0.2) is 10.2 Å². The second-order valence-corrected chi connectivity index (χ2v) is 2.38. The molecular weight excluding hydrogens is 150 g/mol. The number of allylic oxidation sites excluding steroid dienone is 1. The van der Waals surface area contributed by atoms with E-state index in [1.807, 2.05) is 6.07 Å². The molecule has 12 heavy (non-hydrogen) atoms. The Hall–Kier alpha value is -1.82. The van der Waals surface area contributed by atoms with Crippen molar-refractivity contribution in [3.8, 4) is 6.07 Å². The molecule has 3 nitrogen and oxygen atoms in total. The summed E-state index contributed by atoms with van der Waals surface area (Å²) < 4.78 is 0. The lowest BCUT2D eigenvalue weighted by Gasteiger charge is -1.88. The number of hydrogen-bond acceptors (Lipinski definition) is 2. The van der Waals surface area contributed by atoms with Gasteiger partial charge in [0.25, 0.3) is 0 Å². The standard InChI is InChI=1S/C9H9N3/c1-3-9-8(6-11-12-9)4-7(2)5-10/h3-4,6H,1H2,2H3,(H,11,12)/b7-4+. The number of nitrogens with zero attached hydrogens (tertiary/aromatic N) is 2. The third-order valence-electron chi connectivity index (χ3n) is 1.45. The normalized spacial score (nSPS) is 10.8. The zero-order valence-electron chi connectivity index (χ0n) is 6.83. The van der Waals surface area contributed by atoms with Gasteiger partial charge in [-0.1, -0.05) is 6.58 Å². The van der Waals surface area contributed by atoms with E-state index in [0.29, 0.717) is 5.57 Å². The molecule has 0 amide bonds. The quantitative estimate of drug-likeness (QED) is 0.671. The summed E-state index contributed by atoms with van der Waals surface area (Å²) in [4.78, 5) is 0. The zero-order chi connectivity index (χ0) is 8.97. The van der Waals surface area contributed by atoms with Crippen molar-refractivity contribution in [1.29, 1.82) is 5.26 Å². The van der Waals surface area contributed by atoms with Crippen LogP contribution in [0.15, 0.2) is 18.3 Å². The summed E-state index contributed by atoms with van der Waals surface area (Å²) in [6.07, 6.45) is 5.10. The summed E-state index contributed by atoms with van der Waals surface area (Å²) in [5, 5.41) is 15.1. The van der Waals surface area contributed by atoms with E-state index in [2.05, 4.69) is 16.8 Å². The Morgan fingerprint density at radius 3 is 3.17 bits per heavy atom. The van der Waals surface area contributed by atoms with E-state index in [9.17, 15) is 0 Å². The minimum Gasteiger partial charge on any atom is -0.278 e. The van der Waals surface area contributed by atoms with E-state index in [4.69, 9.17) is 5.26 Å². The monoisotopic (exact) mass is 159 g/mol. The lowest BCUT2D eigenvalue weighted by atomic mass is 10.2. The van der Waals surface area contributed by atoms with Crippen molar-refractivity contribution in [3.63, 3.8) is 0 Å². The predicted molar refractivity (Wildman–Crippen MR) is 47.9 cm³/mol. The summed E-state index contributed by atoms with van der Waals surface area (Å²) in [6, 6.07) is 2.04. The van der Waals surface area contributed by atoms with Crippen LogP contribution in [0.4, 0.5) is 0 Å². The van der Waals surface area contributed by atoms with Crippen molar-refractivity contribution in [1.82, 2.24) is 10.2 Å². The first-order chi connectivity index (χ1) is 5.77. The minimum atomic E-state index is 0.652. The maximum atomic E-state index is 8.52. The number of H-pyrrole nitrogens is 1. The lowest BCUT2D eigenvalue weighted by molar-refractivity contribution is 1.08. The van der Waals surface area contributed by atoms with E-state index in [1.165, 1.54) is 0 Å². The molecule has 1 N–H and O–H groups in total. The first-order valence-electron chi connectivity index (χ1n) is 3.52. The van der Waals surface area contributed by atoms with Gasteiger partial charge in [0, 0.05) is 11.1 Å². The van der Waals surface area contributed by atoms with Crippen LogP contribution in [0.2, 0.25) is 0 Å². The van der Waals surface area contributed by atoms with Crippen LogP contribution in [0.3, 0.4) is 0 Å². The van der Waals surface area contributed by atoms with Crippen molar-refractivity contribution in [3.05, 3.63) is 29.6 Å². The molecule has 0 unspecified atom stereocenters. The summed E-state index contributed by atoms with van der Waals surface area (Å²) in [5.41, 5.74) is 2.38. The molecule has 1 aromatic rings. The molecule has 3 heteroatoms. The van der Waals surface area contributed by atoms with Crippen LogP contribution in [0.25, 0.3) is 12.2 Å². The molecule has 1 heterocycles. The Balaban J connectivity index is 3.05. The molecule has 0 aliphatic heterocycles. The van der Waals surface area contributed by atoms with Gasteiger partial charge in [0.1, 0.15) is 0 Å². The Labute approximate surface area is 71.0 Å². The van der Waals surface area contributed by atoms with Gasteiger partial charge in [-0.15, -0.1) is 0 Å². The molecule has 0 bridgehead atoms. The maximum absolute atomic E-state index is 8.52. The number of aromatic nitrogens is 2. The van der Waals surface area contributed by atoms with Gasteiger partial charge in [-0.2, -0.15) is 10.4 Å². The largest absolute Gasteiger partial charge is 0.278 e. The number of nitriles is 1. The Morgan fingerprint density at radius 2 is 2.58 bits per heavy atom. The molecule has 0 aliphatic carbocycles. The van der Waals surface area contributed by atoms with Crippen molar-refractivity contribution in [2.75, 3.05) is 0 Å². The maximum Gasteiger partial charge on any atom is 0.0944 e. The Bertz CT molecular complexity index is 352. The first kappa shape index (κ1) is 8.28. The Kier molecular flexibility index (Phi) is 2.44. The van der Waals surface area contributed by atoms with E-state index in [-0.39, 0.29) is 0 Å². The average Bonchev–Trinajstić information content (AvgIpc) is 2.51. The fourth-order valence-electron chi connectivity index (χ4n) is 0.849. The molecule has 1 aromatic heterocycles. The van der Waals surface area contributed by atoms with E-state index >= 15 is 0 Å². The van der Waals surface area contributed by atoms with Crippen LogP contribution < -0.4 is 0 Å². The summed E-state index contributed by atoms with van der Waals surface area (Å²) >= 11 is 0. The highest BCUT2D eigenvalue weighted by molar-refractivity contribution is 5.64. The summed E-state index contributed by atoms with van der Waals surface area (Å²) in [7, 11) is 0. The highest BCUT2D eigenvalue weighted by atomic mass is 15.1. The summed E-state index contributed by atoms with van der Waals surface area (Å²) in [5.74, 6) is 0. The smallest absolute Gasteiger partial charge is 0.0944 e. The highest BCUT2D eigenvalue weighted by Gasteiger charge is 1.97. The van der Waals surface area contributed by atoms with Crippen LogP contribution in [0.5, 0.6) is 0 Å². The number of nitrogens with one attached hydrogen (secondary N) is 1. The van der Waals surface area contributed by atoms with E-state index < -0.39 is 0 Å². The van der Waals surface area contributed by atoms with Crippen LogP contribution in [0, 0.1) is 11.3 Å². The van der Waals surface area contributed by atoms with Gasteiger partial charge in [-0.25, -0.2) is 0 Å². The van der Waals surface area contributed by atoms with E-state index in [1.54, 1.807) is 25.3 Å². The second kappa shape index (κ2) is 3.54. The fraction of sp³-hybridized carbons (Fsp3) is 0.111. The minimum absolute atomic E-state index is 0.652. The van der Waals surface area contributed by atoms with Crippen LogP contribution in [0.1, 0.15) is 18.2 Å². The van der Waals surface area contributed by atoms with E-state index in [0.717, 1.165) is 11.3 Å². The van der Waals surface area contributed by atoms with Crippen LogP contribution in [-0.2, 0) is 0 Å². The SMILES string of the molecule is C=Cc1[nH]ncc1/C=C(\C)C#N. The molecule has 0 fully saturated rings. The molecule has 0 radical (unpaired) electrons. The third-order valence-corrected chi connectivity index (χ3v) is 1.45. The molecule has 0 aromatic carbocycles. The second-order valence-electron chi connectivity index (χ2n) is 2.38. The van der Waals surface area contributed by atoms with Gasteiger partial charge >= 0.3 is 0 Å². The van der Waals surface area contributed by atoms with Gasteiger partial charge in [0.15, 0.2) is 0 Å². The van der Waals surface area contributed by atoms with Gasteiger partial charge in [0.2, 0.25) is 0 Å². The molecule has 60 valence electrons. The molecular formula is C9H9N3. The molecule has 0 saturated heterocycles. The van der Waals surface area contributed by atoms with Crippen molar-refractivity contribution < 1.29 is 0 Å². The number of aromatic amines is 1. The molecule has 0 atom stereocenters. The predicted octanol–water partition coefficient (Wildman–Crippen LogP) is 1.98. The van der Waals surface area contributed by atoms with Crippen molar-refractivity contribution in [2.45, 2.75) is 6.92 Å². The topological polar surface area (TPSA) is 52.5 Å². The van der Waals surface area contributed by atoms with Gasteiger partial charge in [0.05, 0.1) is 18.0 Å².